The van der Waals surface area contributed by atoms with Crippen molar-refractivity contribution in [2.45, 2.75) is 45.3 Å². The molecule has 0 unspecified atom stereocenters. The number of carbonyl (C=O) groups excluding carboxylic acids is 1. The number of amides is 1. The molecule has 208 valence electrons. The van der Waals surface area contributed by atoms with Gasteiger partial charge in [-0.15, -0.1) is 0 Å². The zero-order valence-corrected chi connectivity index (χ0v) is 22.4. The molecule has 5 rings (SSSR count). The Hall–Kier alpha value is -4.25. The topological polar surface area (TPSA) is 105 Å². The van der Waals surface area contributed by atoms with Gasteiger partial charge in [0.15, 0.2) is 11.6 Å². The van der Waals surface area contributed by atoms with Gasteiger partial charge in [-0.1, -0.05) is 19.1 Å². The molecule has 1 aliphatic rings. The Labute approximate surface area is 230 Å². The molecular formula is C29H31F2N7O2. The number of benzene rings is 2. The molecule has 2 aromatic heterocycles. The van der Waals surface area contributed by atoms with E-state index in [1.807, 2.05) is 18.2 Å². The van der Waals surface area contributed by atoms with E-state index in [-0.39, 0.29) is 12.1 Å². The molecule has 0 aliphatic carbocycles. The van der Waals surface area contributed by atoms with Crippen molar-refractivity contribution in [1.29, 1.82) is 0 Å². The van der Waals surface area contributed by atoms with Crippen molar-refractivity contribution in [3.63, 3.8) is 0 Å². The number of fused-ring (bicyclic) bond motifs is 1. The molecular weight excluding hydrogens is 516 g/mol. The summed E-state index contributed by atoms with van der Waals surface area (Å²) >= 11 is 0. The molecule has 9 nitrogen and oxygen atoms in total. The molecule has 1 atom stereocenters. The molecule has 11 heteroatoms. The fraction of sp³-hybridized carbons (Fsp3) is 0.345. The lowest BCUT2D eigenvalue weighted by Gasteiger charge is -2.31. The highest BCUT2D eigenvalue weighted by atomic mass is 19.2. The molecule has 1 amide bonds. The van der Waals surface area contributed by atoms with E-state index < -0.39 is 29.1 Å². The van der Waals surface area contributed by atoms with E-state index in [1.54, 1.807) is 13.1 Å². The minimum absolute atomic E-state index is 0.155. The summed E-state index contributed by atoms with van der Waals surface area (Å²) in [7, 11) is 0. The van der Waals surface area contributed by atoms with Gasteiger partial charge in [0.05, 0.1) is 29.6 Å². The molecule has 0 radical (unpaired) electrons. The normalized spacial score (nSPS) is 15.2. The first-order valence-corrected chi connectivity index (χ1v) is 13.4. The average molecular weight is 548 g/mol. The lowest BCUT2D eigenvalue weighted by Crippen LogP contribution is -2.39. The second-order valence-electron chi connectivity index (χ2n) is 9.98. The third kappa shape index (κ3) is 5.99. The van der Waals surface area contributed by atoms with Gasteiger partial charge in [0.25, 0.3) is 11.5 Å². The predicted octanol–water partition coefficient (Wildman–Crippen LogP) is 3.90. The van der Waals surface area contributed by atoms with Gasteiger partial charge in [-0.2, -0.15) is 0 Å². The molecule has 1 aliphatic heterocycles. The fourth-order valence-electron chi connectivity index (χ4n) is 4.91. The summed E-state index contributed by atoms with van der Waals surface area (Å²) in [6.45, 7) is 7.17. The molecule has 1 saturated heterocycles. The quantitative estimate of drug-likeness (QED) is 0.345. The van der Waals surface area contributed by atoms with E-state index in [0.29, 0.717) is 17.1 Å². The van der Waals surface area contributed by atoms with Gasteiger partial charge < -0.3 is 15.5 Å². The van der Waals surface area contributed by atoms with Crippen LogP contribution in [0.15, 0.2) is 59.9 Å². The second kappa shape index (κ2) is 11.9. The SMILES string of the molecule is CCN1CCC(Nc2cnc3ccc(CNC(=O)c4cncn([C@@H](C)c5ccc(F)c(F)c5)c4=O)cc3n2)CC1. The number of nitrogens with one attached hydrogen (secondary N) is 2. The number of halogens is 2. The molecule has 0 bridgehead atoms. The summed E-state index contributed by atoms with van der Waals surface area (Å²) in [5.74, 6) is -1.87. The van der Waals surface area contributed by atoms with Crippen LogP contribution in [-0.2, 0) is 6.54 Å². The number of hydrogen-bond acceptors (Lipinski definition) is 7. The van der Waals surface area contributed by atoms with E-state index >= 15 is 0 Å². The Kier molecular flexibility index (Phi) is 8.11. The maximum absolute atomic E-state index is 13.7. The van der Waals surface area contributed by atoms with Gasteiger partial charge in [-0.3, -0.25) is 19.1 Å². The Morgan fingerprint density at radius 3 is 2.62 bits per heavy atom. The number of nitrogens with zero attached hydrogens (tertiary/aromatic N) is 5. The van der Waals surface area contributed by atoms with Gasteiger partial charge in [-0.25, -0.2) is 18.7 Å². The first-order chi connectivity index (χ1) is 19.3. The van der Waals surface area contributed by atoms with E-state index in [2.05, 4.69) is 32.4 Å². The summed E-state index contributed by atoms with van der Waals surface area (Å²) in [6, 6.07) is 8.65. The monoisotopic (exact) mass is 547 g/mol. The van der Waals surface area contributed by atoms with Crippen molar-refractivity contribution < 1.29 is 13.6 Å². The highest BCUT2D eigenvalue weighted by Gasteiger charge is 2.19. The Balaban J connectivity index is 1.26. The third-order valence-electron chi connectivity index (χ3n) is 7.39. The summed E-state index contributed by atoms with van der Waals surface area (Å²) in [4.78, 5) is 41.7. The number of likely N-dealkylation sites (tertiary alicyclic amines) is 1. The summed E-state index contributed by atoms with van der Waals surface area (Å²) in [6.07, 6.45) is 6.31. The number of piperidine rings is 1. The third-order valence-corrected chi connectivity index (χ3v) is 7.39. The van der Waals surface area contributed by atoms with E-state index in [4.69, 9.17) is 4.98 Å². The number of carbonyl (C=O) groups is 1. The first kappa shape index (κ1) is 27.3. The molecule has 0 saturated carbocycles. The maximum Gasteiger partial charge on any atom is 0.266 e. The Morgan fingerprint density at radius 1 is 1.07 bits per heavy atom. The zero-order valence-electron chi connectivity index (χ0n) is 22.4. The van der Waals surface area contributed by atoms with Crippen molar-refractivity contribution >= 4 is 22.8 Å². The Bertz CT molecular complexity index is 1580. The van der Waals surface area contributed by atoms with Crippen molar-refractivity contribution in [3.05, 3.63) is 93.8 Å². The van der Waals surface area contributed by atoms with Crippen LogP contribution in [0.4, 0.5) is 14.6 Å². The molecule has 2 N–H and O–H groups in total. The summed E-state index contributed by atoms with van der Waals surface area (Å²) in [5.41, 5.74) is 1.86. The zero-order chi connectivity index (χ0) is 28.2. The van der Waals surface area contributed by atoms with E-state index in [1.165, 1.54) is 23.2 Å². The predicted molar refractivity (Wildman–Crippen MR) is 148 cm³/mol. The highest BCUT2D eigenvalue weighted by Crippen LogP contribution is 2.20. The van der Waals surface area contributed by atoms with Crippen LogP contribution in [-0.4, -0.2) is 56.0 Å². The van der Waals surface area contributed by atoms with Crippen LogP contribution < -0.4 is 16.2 Å². The molecule has 1 fully saturated rings. The van der Waals surface area contributed by atoms with Crippen LogP contribution in [0.3, 0.4) is 0 Å². The number of anilines is 1. The second-order valence-corrected chi connectivity index (χ2v) is 9.98. The average Bonchev–Trinajstić information content (AvgIpc) is 2.97. The number of rotatable bonds is 8. The van der Waals surface area contributed by atoms with Crippen molar-refractivity contribution in [2.75, 3.05) is 25.0 Å². The minimum atomic E-state index is -1.01. The van der Waals surface area contributed by atoms with Crippen molar-refractivity contribution in [1.82, 2.24) is 29.7 Å². The van der Waals surface area contributed by atoms with E-state index in [0.717, 1.165) is 61.5 Å². The molecule has 40 heavy (non-hydrogen) atoms. The van der Waals surface area contributed by atoms with Gasteiger partial charge >= 0.3 is 0 Å². The van der Waals surface area contributed by atoms with Crippen molar-refractivity contribution in [3.8, 4) is 0 Å². The minimum Gasteiger partial charge on any atom is -0.366 e. The fourth-order valence-corrected chi connectivity index (χ4v) is 4.91. The number of hydrogen-bond donors (Lipinski definition) is 2. The molecule has 2 aromatic carbocycles. The van der Waals surface area contributed by atoms with Crippen LogP contribution in [0.5, 0.6) is 0 Å². The largest absolute Gasteiger partial charge is 0.366 e. The van der Waals surface area contributed by atoms with Crippen LogP contribution >= 0.6 is 0 Å². The van der Waals surface area contributed by atoms with Crippen LogP contribution in [0.2, 0.25) is 0 Å². The van der Waals surface area contributed by atoms with Crippen LogP contribution in [0.25, 0.3) is 11.0 Å². The number of aromatic nitrogens is 4. The lowest BCUT2D eigenvalue weighted by molar-refractivity contribution is 0.0948. The van der Waals surface area contributed by atoms with Crippen LogP contribution in [0, 0.1) is 11.6 Å². The summed E-state index contributed by atoms with van der Waals surface area (Å²) in [5, 5.41) is 6.26. The summed E-state index contributed by atoms with van der Waals surface area (Å²) < 4.78 is 28.3. The van der Waals surface area contributed by atoms with Gasteiger partial charge in [0.2, 0.25) is 0 Å². The first-order valence-electron chi connectivity index (χ1n) is 13.4. The smallest absolute Gasteiger partial charge is 0.266 e. The standard InChI is InChI=1S/C29H31F2N7O2/c1-3-37-10-8-21(9-11-37)35-27-16-33-25-7-4-19(12-26(25)36-27)14-34-28(39)22-15-32-17-38(29(22)40)18(2)20-5-6-23(30)24(31)13-20/h4-7,12-13,15-18,21H,3,8-11,14H2,1-2H3,(H,34,39)(H,35,36)/t18-/m0/s1. The van der Waals surface area contributed by atoms with Crippen molar-refractivity contribution in [2.24, 2.45) is 0 Å². The highest BCUT2D eigenvalue weighted by molar-refractivity contribution is 5.93. The van der Waals surface area contributed by atoms with Gasteiger partial charge in [0.1, 0.15) is 11.4 Å². The molecule has 0 spiro atoms. The maximum atomic E-state index is 13.7. The van der Waals surface area contributed by atoms with Crippen LogP contribution in [0.1, 0.15) is 54.2 Å². The Morgan fingerprint density at radius 2 is 1.88 bits per heavy atom. The lowest BCUT2D eigenvalue weighted by atomic mass is 10.1. The van der Waals surface area contributed by atoms with E-state index in [9.17, 15) is 18.4 Å². The van der Waals surface area contributed by atoms with Gasteiger partial charge in [0, 0.05) is 31.9 Å². The molecule has 3 heterocycles. The molecule has 4 aromatic rings. The van der Waals surface area contributed by atoms with Gasteiger partial charge in [-0.05, 0) is 61.7 Å².